The maximum absolute atomic E-state index is 13.2. The summed E-state index contributed by atoms with van der Waals surface area (Å²) >= 11 is 0. The Bertz CT molecular complexity index is 840. The van der Waals surface area contributed by atoms with Gasteiger partial charge in [0.05, 0.1) is 18.8 Å². The summed E-state index contributed by atoms with van der Waals surface area (Å²) in [5, 5.41) is 0. The van der Waals surface area contributed by atoms with Crippen LogP contribution in [0.1, 0.15) is 21.5 Å². The Hall–Kier alpha value is -2.60. The van der Waals surface area contributed by atoms with Crippen molar-refractivity contribution in [2.75, 3.05) is 62.3 Å². The fourth-order valence-electron chi connectivity index (χ4n) is 3.99. The van der Waals surface area contributed by atoms with Crippen LogP contribution in [0, 0.1) is 13.8 Å². The Labute approximate surface area is 166 Å². The van der Waals surface area contributed by atoms with Crippen molar-refractivity contribution in [2.45, 2.75) is 13.8 Å². The Morgan fingerprint density at radius 1 is 0.929 bits per heavy atom. The second kappa shape index (κ2) is 8.19. The number of aromatic nitrogens is 1. The number of amides is 1. The van der Waals surface area contributed by atoms with Crippen molar-refractivity contribution in [3.05, 3.63) is 53.2 Å². The van der Waals surface area contributed by atoms with Gasteiger partial charge in [-0.25, -0.2) is 4.98 Å². The van der Waals surface area contributed by atoms with E-state index in [2.05, 4.69) is 46.8 Å². The number of aryl methyl sites for hydroxylation is 1. The average molecular weight is 380 g/mol. The maximum Gasteiger partial charge on any atom is 0.257 e. The maximum atomic E-state index is 13.2. The summed E-state index contributed by atoms with van der Waals surface area (Å²) < 4.78 is 5.44. The smallest absolute Gasteiger partial charge is 0.257 e. The standard InChI is InChI=1S/C22H28N4O2/c1-17-5-3-7-20(18(17)2)24-9-11-26(12-10-24)22(27)19-6-4-8-23-21(19)25-13-15-28-16-14-25/h3-8H,9-16H2,1-2H3. The minimum Gasteiger partial charge on any atom is -0.378 e. The Kier molecular flexibility index (Phi) is 5.48. The summed E-state index contributed by atoms with van der Waals surface area (Å²) in [6.45, 7) is 10.4. The molecule has 3 heterocycles. The predicted molar refractivity (Wildman–Crippen MR) is 111 cm³/mol. The highest BCUT2D eigenvalue weighted by Crippen LogP contribution is 2.25. The molecule has 0 spiro atoms. The third kappa shape index (κ3) is 3.69. The van der Waals surface area contributed by atoms with Gasteiger partial charge in [-0.2, -0.15) is 0 Å². The quantitative estimate of drug-likeness (QED) is 0.819. The Morgan fingerprint density at radius 2 is 1.68 bits per heavy atom. The second-order valence-electron chi connectivity index (χ2n) is 7.47. The van der Waals surface area contributed by atoms with Crippen LogP contribution in [0.25, 0.3) is 0 Å². The van der Waals surface area contributed by atoms with Crippen LogP contribution < -0.4 is 9.80 Å². The molecule has 28 heavy (non-hydrogen) atoms. The van der Waals surface area contributed by atoms with E-state index in [0.717, 1.165) is 45.1 Å². The topological polar surface area (TPSA) is 48.9 Å². The molecule has 148 valence electrons. The van der Waals surface area contributed by atoms with Crippen LogP contribution >= 0.6 is 0 Å². The van der Waals surface area contributed by atoms with Crippen molar-refractivity contribution in [2.24, 2.45) is 0 Å². The van der Waals surface area contributed by atoms with Crippen LogP contribution in [0.3, 0.4) is 0 Å². The highest BCUT2D eigenvalue weighted by molar-refractivity contribution is 5.99. The van der Waals surface area contributed by atoms with E-state index in [4.69, 9.17) is 4.74 Å². The second-order valence-corrected chi connectivity index (χ2v) is 7.47. The van der Waals surface area contributed by atoms with Crippen molar-refractivity contribution in [1.82, 2.24) is 9.88 Å². The highest BCUT2D eigenvalue weighted by Gasteiger charge is 2.27. The van der Waals surface area contributed by atoms with E-state index in [9.17, 15) is 4.79 Å². The molecule has 6 heteroatoms. The molecule has 1 aromatic heterocycles. The molecule has 0 N–H and O–H groups in total. The number of ether oxygens (including phenoxy) is 1. The Morgan fingerprint density at radius 3 is 2.43 bits per heavy atom. The molecule has 0 unspecified atom stereocenters. The zero-order valence-electron chi connectivity index (χ0n) is 16.7. The van der Waals surface area contributed by atoms with Crippen molar-refractivity contribution in [3.63, 3.8) is 0 Å². The molecule has 2 fully saturated rings. The molecule has 2 aliphatic rings. The molecule has 0 bridgehead atoms. The van der Waals surface area contributed by atoms with Gasteiger partial charge in [0.1, 0.15) is 5.82 Å². The van der Waals surface area contributed by atoms with E-state index in [0.29, 0.717) is 18.8 Å². The van der Waals surface area contributed by atoms with Crippen LogP contribution in [0.5, 0.6) is 0 Å². The van der Waals surface area contributed by atoms with E-state index in [1.54, 1.807) is 6.20 Å². The Balaban J connectivity index is 1.47. The van der Waals surface area contributed by atoms with E-state index in [-0.39, 0.29) is 5.91 Å². The third-order valence-electron chi connectivity index (χ3n) is 5.81. The summed E-state index contributed by atoms with van der Waals surface area (Å²) in [7, 11) is 0. The highest BCUT2D eigenvalue weighted by atomic mass is 16.5. The number of carbonyl (C=O) groups is 1. The van der Waals surface area contributed by atoms with E-state index >= 15 is 0 Å². The zero-order chi connectivity index (χ0) is 19.5. The molecule has 2 aliphatic heterocycles. The van der Waals surface area contributed by atoms with Crippen LogP contribution in [0.2, 0.25) is 0 Å². The van der Waals surface area contributed by atoms with Crippen LogP contribution in [0.4, 0.5) is 11.5 Å². The molecule has 0 atom stereocenters. The number of carbonyl (C=O) groups excluding carboxylic acids is 1. The number of nitrogens with zero attached hydrogens (tertiary/aromatic N) is 4. The number of pyridine rings is 1. The largest absolute Gasteiger partial charge is 0.378 e. The summed E-state index contributed by atoms with van der Waals surface area (Å²) in [4.78, 5) is 24.3. The van der Waals surface area contributed by atoms with Crippen LogP contribution in [-0.2, 0) is 4.74 Å². The van der Waals surface area contributed by atoms with Crippen molar-refractivity contribution >= 4 is 17.4 Å². The zero-order valence-corrected chi connectivity index (χ0v) is 16.7. The van der Waals surface area contributed by atoms with Crippen LogP contribution in [0.15, 0.2) is 36.5 Å². The van der Waals surface area contributed by atoms with Gasteiger partial charge in [-0.1, -0.05) is 12.1 Å². The molecule has 2 aromatic rings. The lowest BCUT2D eigenvalue weighted by Gasteiger charge is -2.37. The van der Waals surface area contributed by atoms with Gasteiger partial charge in [-0.15, -0.1) is 0 Å². The first-order valence-corrected chi connectivity index (χ1v) is 10.0. The first-order chi connectivity index (χ1) is 13.6. The summed E-state index contributed by atoms with van der Waals surface area (Å²) in [5.74, 6) is 0.864. The fraction of sp³-hybridized carbons (Fsp3) is 0.455. The molecular weight excluding hydrogens is 352 g/mol. The van der Waals surface area contributed by atoms with Gasteiger partial charge < -0.3 is 19.4 Å². The summed E-state index contributed by atoms with van der Waals surface area (Å²) in [5.41, 5.74) is 4.61. The minimum absolute atomic E-state index is 0.0789. The van der Waals surface area contributed by atoms with Crippen molar-refractivity contribution < 1.29 is 9.53 Å². The lowest BCUT2D eigenvalue weighted by molar-refractivity contribution is 0.0745. The SMILES string of the molecule is Cc1cccc(N2CCN(C(=O)c3cccnc3N3CCOCC3)CC2)c1C. The average Bonchev–Trinajstić information content (AvgIpc) is 2.76. The first kappa shape index (κ1) is 18.7. The molecule has 1 aromatic carbocycles. The number of piperazine rings is 1. The first-order valence-electron chi connectivity index (χ1n) is 10.0. The fourth-order valence-corrected chi connectivity index (χ4v) is 3.99. The number of benzene rings is 1. The van der Waals surface area contributed by atoms with Gasteiger partial charge in [-0.05, 0) is 43.2 Å². The molecular formula is C22H28N4O2. The van der Waals surface area contributed by atoms with Crippen molar-refractivity contribution in [1.29, 1.82) is 0 Å². The predicted octanol–water partition coefficient (Wildman–Crippen LogP) is 2.50. The molecule has 1 amide bonds. The molecule has 0 radical (unpaired) electrons. The lowest BCUT2D eigenvalue weighted by atomic mass is 10.1. The number of rotatable bonds is 3. The monoisotopic (exact) mass is 380 g/mol. The summed E-state index contributed by atoms with van der Waals surface area (Å²) in [6.07, 6.45) is 1.76. The van der Waals surface area contributed by atoms with Crippen LogP contribution in [-0.4, -0.2) is 68.3 Å². The normalized spacial score (nSPS) is 17.7. The van der Waals surface area contributed by atoms with Gasteiger partial charge in [0, 0.05) is 51.2 Å². The van der Waals surface area contributed by atoms with E-state index in [1.165, 1.54) is 16.8 Å². The number of morpholine rings is 1. The van der Waals surface area contributed by atoms with E-state index < -0.39 is 0 Å². The molecule has 2 saturated heterocycles. The molecule has 0 aliphatic carbocycles. The summed E-state index contributed by atoms with van der Waals surface area (Å²) in [6, 6.07) is 10.2. The number of hydrogen-bond acceptors (Lipinski definition) is 5. The lowest BCUT2D eigenvalue weighted by Crippen LogP contribution is -2.49. The van der Waals surface area contributed by atoms with Crippen molar-refractivity contribution in [3.8, 4) is 0 Å². The molecule has 6 nitrogen and oxygen atoms in total. The van der Waals surface area contributed by atoms with E-state index in [1.807, 2.05) is 17.0 Å². The number of anilines is 2. The molecule has 4 rings (SSSR count). The van der Waals surface area contributed by atoms with Gasteiger partial charge in [-0.3, -0.25) is 4.79 Å². The van der Waals surface area contributed by atoms with Gasteiger partial charge in [0.2, 0.25) is 0 Å². The van der Waals surface area contributed by atoms with Gasteiger partial charge in [0.25, 0.3) is 5.91 Å². The number of hydrogen-bond donors (Lipinski definition) is 0. The minimum atomic E-state index is 0.0789. The molecule has 0 saturated carbocycles. The van der Waals surface area contributed by atoms with Gasteiger partial charge >= 0.3 is 0 Å². The van der Waals surface area contributed by atoms with Gasteiger partial charge in [0.15, 0.2) is 0 Å². The third-order valence-corrected chi connectivity index (χ3v) is 5.81.